The number of rotatable bonds is 15. The quantitative estimate of drug-likeness (QED) is 0.0829. The molecule has 0 bridgehead atoms. The van der Waals surface area contributed by atoms with Gasteiger partial charge in [0.2, 0.25) is 0 Å². The van der Waals surface area contributed by atoms with E-state index in [9.17, 15) is 14.7 Å². The maximum Gasteiger partial charge on any atom is 0.410 e. The van der Waals surface area contributed by atoms with Crippen LogP contribution in [0.4, 0.5) is 4.79 Å². The molecule has 0 aliphatic heterocycles. The minimum atomic E-state index is -1.02. The number of carbonyl (C=O) groups excluding carboxylic acids is 1. The van der Waals surface area contributed by atoms with Gasteiger partial charge in [-0.15, -0.1) is 0 Å². The molecule has 0 aliphatic carbocycles. The third kappa shape index (κ3) is 9.37. The molecular formula is C41H48BrClN4O6. The summed E-state index contributed by atoms with van der Waals surface area (Å²) in [4.78, 5) is 27.5. The Morgan fingerprint density at radius 2 is 1.68 bits per heavy atom. The number of carboxylic acids is 1. The smallest absolute Gasteiger partial charge is 0.410 e. The SMILES string of the molecule is Cc1cc(OCCCc2c(C(=O)O)n(CCCN(C)C(=O)OC(C)(C)C)c3c(-c4c(COc5ccccc5)nn(C)c4CBr)cccc23)cc(C)c1Cl. The van der Waals surface area contributed by atoms with Gasteiger partial charge in [0.05, 0.1) is 17.8 Å². The van der Waals surface area contributed by atoms with E-state index in [1.807, 2.05) is 112 Å². The second kappa shape index (κ2) is 17.1. The molecule has 3 aromatic carbocycles. The Labute approximate surface area is 324 Å². The molecule has 10 nitrogen and oxygen atoms in total. The second-order valence-corrected chi connectivity index (χ2v) is 15.1. The monoisotopic (exact) mass is 806 g/mol. The van der Waals surface area contributed by atoms with Gasteiger partial charge in [-0.05, 0) is 94.8 Å². The van der Waals surface area contributed by atoms with Gasteiger partial charge in [0.1, 0.15) is 35.1 Å². The molecule has 0 atom stereocenters. The number of aryl methyl sites for hydroxylation is 5. The van der Waals surface area contributed by atoms with Crippen molar-refractivity contribution in [1.29, 1.82) is 0 Å². The van der Waals surface area contributed by atoms with Gasteiger partial charge in [-0.1, -0.05) is 63.9 Å². The summed E-state index contributed by atoms with van der Waals surface area (Å²) in [6, 6.07) is 19.4. The molecule has 1 amide bonds. The molecule has 0 aliphatic rings. The Hall–Kier alpha value is -4.48. The van der Waals surface area contributed by atoms with Crippen LogP contribution in [0.2, 0.25) is 5.02 Å². The third-order valence-electron chi connectivity index (χ3n) is 8.97. The number of alkyl halides is 1. The van der Waals surface area contributed by atoms with E-state index in [4.69, 9.17) is 30.9 Å². The molecule has 0 radical (unpaired) electrons. The number of benzene rings is 3. The van der Waals surface area contributed by atoms with Gasteiger partial charge in [0, 0.05) is 54.1 Å². The van der Waals surface area contributed by atoms with Gasteiger partial charge < -0.3 is 28.8 Å². The topological polar surface area (TPSA) is 108 Å². The van der Waals surface area contributed by atoms with Gasteiger partial charge in [0.15, 0.2) is 0 Å². The van der Waals surface area contributed by atoms with Gasteiger partial charge in [0.25, 0.3) is 0 Å². The summed E-state index contributed by atoms with van der Waals surface area (Å²) in [6.07, 6.45) is 1.12. The molecule has 53 heavy (non-hydrogen) atoms. The zero-order valence-electron chi connectivity index (χ0n) is 31.5. The molecule has 1 N–H and O–H groups in total. The first-order chi connectivity index (χ1) is 25.2. The van der Waals surface area contributed by atoms with E-state index in [2.05, 4.69) is 15.9 Å². The van der Waals surface area contributed by atoms with Crippen molar-refractivity contribution in [2.75, 3.05) is 20.2 Å². The van der Waals surface area contributed by atoms with Crippen molar-refractivity contribution in [3.8, 4) is 22.6 Å². The number of para-hydroxylation sites is 2. The average Bonchev–Trinajstić information content (AvgIpc) is 3.60. The minimum Gasteiger partial charge on any atom is -0.494 e. The lowest BCUT2D eigenvalue weighted by atomic mass is 9.98. The van der Waals surface area contributed by atoms with Crippen LogP contribution in [0.1, 0.15) is 72.2 Å². The summed E-state index contributed by atoms with van der Waals surface area (Å²) in [5, 5.41) is 17.8. The van der Waals surface area contributed by atoms with E-state index in [-0.39, 0.29) is 12.3 Å². The van der Waals surface area contributed by atoms with Crippen molar-refractivity contribution in [2.24, 2.45) is 7.05 Å². The summed E-state index contributed by atoms with van der Waals surface area (Å²) in [6.45, 7) is 10.7. The van der Waals surface area contributed by atoms with Gasteiger partial charge in [-0.25, -0.2) is 9.59 Å². The molecule has 2 heterocycles. The number of aromatic nitrogens is 3. The van der Waals surface area contributed by atoms with Gasteiger partial charge >= 0.3 is 12.1 Å². The number of hydrogen-bond acceptors (Lipinski definition) is 6. The molecule has 0 unspecified atom stereocenters. The normalized spacial score (nSPS) is 11.6. The third-order valence-corrected chi connectivity index (χ3v) is 10.1. The molecule has 12 heteroatoms. The van der Waals surface area contributed by atoms with Crippen LogP contribution in [0.5, 0.6) is 11.5 Å². The summed E-state index contributed by atoms with van der Waals surface area (Å²) in [5.41, 5.74) is 6.40. The lowest BCUT2D eigenvalue weighted by Crippen LogP contribution is -2.35. The molecule has 5 aromatic rings. The van der Waals surface area contributed by atoms with E-state index in [0.29, 0.717) is 44.3 Å². The number of halogens is 2. The Balaban J connectivity index is 1.56. The lowest BCUT2D eigenvalue weighted by molar-refractivity contribution is 0.0294. The summed E-state index contributed by atoms with van der Waals surface area (Å²) in [5.74, 6) is 0.430. The fraction of sp³-hybridized carbons (Fsp3) is 0.390. The molecule has 282 valence electrons. The van der Waals surface area contributed by atoms with Crippen LogP contribution < -0.4 is 9.47 Å². The largest absolute Gasteiger partial charge is 0.494 e. The molecule has 5 rings (SSSR count). The van der Waals surface area contributed by atoms with E-state index < -0.39 is 17.7 Å². The van der Waals surface area contributed by atoms with Crippen LogP contribution in [0.25, 0.3) is 22.0 Å². The molecule has 0 saturated heterocycles. The number of aromatic carboxylic acids is 1. The highest BCUT2D eigenvalue weighted by Crippen LogP contribution is 2.39. The molecular weight excluding hydrogens is 760 g/mol. The number of hydrogen-bond donors (Lipinski definition) is 1. The summed E-state index contributed by atoms with van der Waals surface area (Å²) >= 11 is 10.1. The number of fused-ring (bicyclic) bond motifs is 1. The van der Waals surface area contributed by atoms with E-state index in [1.165, 1.54) is 4.90 Å². The summed E-state index contributed by atoms with van der Waals surface area (Å²) < 4.78 is 21.6. The van der Waals surface area contributed by atoms with Crippen molar-refractivity contribution in [3.63, 3.8) is 0 Å². The summed E-state index contributed by atoms with van der Waals surface area (Å²) in [7, 11) is 3.59. The van der Waals surface area contributed by atoms with Crippen molar-refractivity contribution < 1.29 is 28.9 Å². The first-order valence-corrected chi connectivity index (χ1v) is 19.2. The van der Waals surface area contributed by atoms with Crippen LogP contribution in [0, 0.1) is 13.8 Å². The Bertz CT molecular complexity index is 2060. The van der Waals surface area contributed by atoms with Gasteiger partial charge in [-0.3, -0.25) is 4.68 Å². The first kappa shape index (κ1) is 39.7. The van der Waals surface area contributed by atoms with Crippen LogP contribution in [-0.2, 0) is 36.7 Å². The zero-order chi connectivity index (χ0) is 38.4. The zero-order valence-corrected chi connectivity index (χ0v) is 33.8. The van der Waals surface area contributed by atoms with Gasteiger partial charge in [-0.2, -0.15) is 5.10 Å². The average molecular weight is 808 g/mol. The first-order valence-electron chi connectivity index (χ1n) is 17.7. The van der Waals surface area contributed by atoms with E-state index in [0.717, 1.165) is 66.6 Å². The molecule has 0 fully saturated rings. The number of nitrogens with zero attached hydrogens (tertiary/aromatic N) is 4. The molecule has 2 aromatic heterocycles. The molecule has 0 saturated carbocycles. The maximum atomic E-state index is 13.2. The van der Waals surface area contributed by atoms with E-state index in [1.54, 1.807) is 7.05 Å². The highest BCUT2D eigenvalue weighted by atomic mass is 79.9. The standard InChI is InChI=1S/C41H48BrClN4O6/c1-26-22-29(23-27(2)36(26)43)51-21-12-18-31-30-16-11-17-32(35-33(44-46(7)34(35)24-42)25-52-28-14-9-8-10-15-28)37(30)47(38(31)39(48)49)20-13-19-45(6)40(50)53-41(3,4)5/h8-11,14-17,22-23H,12-13,18-21,24-25H2,1-7H3,(H,48,49). The Morgan fingerprint density at radius 3 is 2.32 bits per heavy atom. The maximum absolute atomic E-state index is 13.2. The fourth-order valence-corrected chi connectivity index (χ4v) is 7.33. The highest BCUT2D eigenvalue weighted by Gasteiger charge is 2.28. The second-order valence-electron chi connectivity index (χ2n) is 14.2. The van der Waals surface area contributed by atoms with Crippen molar-refractivity contribution in [2.45, 2.75) is 78.0 Å². The number of carboxylic acid groups (broad SMARTS) is 1. The highest BCUT2D eigenvalue weighted by molar-refractivity contribution is 9.08. The van der Waals surface area contributed by atoms with Crippen LogP contribution in [0.3, 0.4) is 0 Å². The van der Waals surface area contributed by atoms with Crippen molar-refractivity contribution >= 4 is 50.5 Å². The number of ether oxygens (including phenoxy) is 3. The van der Waals surface area contributed by atoms with Crippen LogP contribution in [0.15, 0.2) is 60.7 Å². The van der Waals surface area contributed by atoms with Crippen LogP contribution in [-0.4, -0.2) is 62.2 Å². The minimum absolute atomic E-state index is 0.219. The molecule has 0 spiro atoms. The predicted octanol–water partition coefficient (Wildman–Crippen LogP) is 9.75. The fourth-order valence-electron chi connectivity index (χ4n) is 6.58. The lowest BCUT2D eigenvalue weighted by Gasteiger charge is -2.24. The Kier molecular flexibility index (Phi) is 12.8. The number of amides is 1. The van der Waals surface area contributed by atoms with Crippen molar-refractivity contribution in [3.05, 3.63) is 99.5 Å². The van der Waals surface area contributed by atoms with Crippen LogP contribution >= 0.6 is 27.5 Å². The predicted molar refractivity (Wildman–Crippen MR) is 213 cm³/mol. The number of carbonyl (C=O) groups is 2. The van der Waals surface area contributed by atoms with E-state index >= 15 is 0 Å². The Morgan fingerprint density at radius 1 is 0.981 bits per heavy atom. The van der Waals surface area contributed by atoms with Crippen molar-refractivity contribution in [1.82, 2.24) is 19.2 Å².